The van der Waals surface area contributed by atoms with Crippen LogP contribution in [0.5, 0.6) is 0 Å². The summed E-state index contributed by atoms with van der Waals surface area (Å²) in [6.45, 7) is 12.6. The van der Waals surface area contributed by atoms with Gasteiger partial charge in [0, 0.05) is 35.5 Å². The van der Waals surface area contributed by atoms with Crippen LogP contribution in [0.2, 0.25) is 0 Å². The van der Waals surface area contributed by atoms with Crippen LogP contribution in [0.3, 0.4) is 0 Å². The van der Waals surface area contributed by atoms with E-state index in [-0.39, 0.29) is 22.5 Å². The van der Waals surface area contributed by atoms with Crippen molar-refractivity contribution in [3.8, 4) is 0 Å². The van der Waals surface area contributed by atoms with E-state index in [0.717, 1.165) is 19.4 Å². The molecule has 260 valence electrons. The number of unbranched alkanes of at least 4 members (excludes halogenated alkanes) is 3. The molecule has 1 N–H and O–H groups in total. The van der Waals surface area contributed by atoms with Crippen LogP contribution in [-0.4, -0.2) is 35.6 Å². The molecule has 1 aliphatic carbocycles. The minimum atomic E-state index is -3.96. The largest absolute Gasteiger partial charge is 0.286 e. The van der Waals surface area contributed by atoms with Crippen LogP contribution >= 0.6 is 0 Å². The van der Waals surface area contributed by atoms with Gasteiger partial charge in [-0.05, 0) is 71.8 Å². The molecule has 2 aliphatic rings. The number of hydrogen-bond acceptors (Lipinski definition) is 2. The van der Waals surface area contributed by atoms with Crippen molar-refractivity contribution in [2.75, 3.05) is 12.3 Å². The van der Waals surface area contributed by atoms with Crippen molar-refractivity contribution in [2.45, 2.75) is 89.9 Å². The molecule has 0 fully saturated rings. The van der Waals surface area contributed by atoms with Crippen LogP contribution in [0.15, 0.2) is 121 Å². The number of nitrogens with zero attached hydrogens (tertiary/aromatic N) is 1. The van der Waals surface area contributed by atoms with Gasteiger partial charge in [0.15, 0.2) is 5.71 Å². The van der Waals surface area contributed by atoms with Crippen LogP contribution in [0.4, 0.5) is 5.69 Å². The minimum Gasteiger partial charge on any atom is -0.286 e. The van der Waals surface area contributed by atoms with Crippen molar-refractivity contribution in [3.63, 3.8) is 0 Å². The highest BCUT2D eigenvalue weighted by molar-refractivity contribution is 7.85. The Morgan fingerprint density at radius 2 is 1.36 bits per heavy atom. The van der Waals surface area contributed by atoms with E-state index >= 15 is 0 Å². The average Bonchev–Trinajstić information content (AvgIpc) is 3.44. The summed E-state index contributed by atoms with van der Waals surface area (Å²) in [5.74, 6) is -0.00239. The van der Waals surface area contributed by atoms with Crippen LogP contribution in [0.1, 0.15) is 95.8 Å². The molecule has 4 aromatic carbocycles. The average molecular weight is 687 g/mol. The molecule has 0 radical (unpaired) electrons. The molecule has 0 amide bonds. The van der Waals surface area contributed by atoms with Gasteiger partial charge < -0.3 is 0 Å². The second kappa shape index (κ2) is 14.7. The number of hydrogen-bond donors (Lipinski definition) is 1. The van der Waals surface area contributed by atoms with Gasteiger partial charge in [0.2, 0.25) is 5.69 Å². The Bertz CT molecular complexity index is 2160. The molecule has 1 aliphatic heterocycles. The Kier molecular flexibility index (Phi) is 10.5. The molecule has 0 bridgehead atoms. The number of fused-ring (bicyclic) bond motifs is 6. The topological polar surface area (TPSA) is 57.4 Å². The fourth-order valence-electron chi connectivity index (χ4n) is 8.59. The van der Waals surface area contributed by atoms with Gasteiger partial charge in [-0.25, -0.2) is 0 Å². The first kappa shape index (κ1) is 35.8. The number of allylic oxidation sites excluding steroid dienone is 8. The van der Waals surface area contributed by atoms with Gasteiger partial charge in [-0.3, -0.25) is 4.55 Å². The lowest BCUT2D eigenvalue weighted by atomic mass is 9.78. The second-order valence-electron chi connectivity index (χ2n) is 15.0. The molecule has 0 spiro atoms. The third kappa shape index (κ3) is 7.08. The standard InChI is InChI=1S/C45H51NO3S/c1-6-7-18-31-46-40-30-28-34-21-14-16-23-36(34)43(40)45(4,5)41(46)26-12-10-8-9-11-25-39-37(24-17-19-32-50(47,48)49)38-29-27-33-20-13-15-22-35(33)42(38)44(39,2)3/h8-16,20-23,25-30,37H,6-7,17-19,24,31-32H2,1-5H3/p+1/b10-8+,11-9+,26-12+,39-25-. The fraction of sp³-hybridized carbons (Fsp3) is 0.356. The minimum absolute atomic E-state index is 0.114. The highest BCUT2D eigenvalue weighted by Gasteiger charge is 2.45. The monoisotopic (exact) mass is 686 g/mol. The van der Waals surface area contributed by atoms with E-state index in [1.54, 1.807) is 0 Å². The molecule has 4 aromatic rings. The van der Waals surface area contributed by atoms with Crippen LogP contribution in [0.25, 0.3) is 21.5 Å². The van der Waals surface area contributed by atoms with Crippen molar-refractivity contribution in [1.29, 1.82) is 0 Å². The van der Waals surface area contributed by atoms with Gasteiger partial charge in [0.05, 0.1) is 11.2 Å². The SMILES string of the molecule is CCCCC[N+]1=C(/C=C/C=C/C=C/C=C2/C(CCCCS(=O)(=O)O)c3ccc4ccccc4c3C2(C)C)C(C)(C)c2c1ccc1ccccc21. The zero-order valence-electron chi connectivity index (χ0n) is 30.3. The first-order chi connectivity index (χ1) is 23.9. The van der Waals surface area contributed by atoms with Gasteiger partial charge in [-0.2, -0.15) is 13.0 Å². The van der Waals surface area contributed by atoms with Gasteiger partial charge in [-0.1, -0.05) is 136 Å². The normalized spacial score (nSPS) is 19.2. The van der Waals surface area contributed by atoms with Crippen molar-refractivity contribution >= 4 is 43.1 Å². The molecule has 50 heavy (non-hydrogen) atoms. The Morgan fingerprint density at radius 3 is 2.06 bits per heavy atom. The Labute approximate surface area is 299 Å². The highest BCUT2D eigenvalue weighted by atomic mass is 32.2. The molecular formula is C45H52NO3S+. The van der Waals surface area contributed by atoms with E-state index in [1.165, 1.54) is 74.5 Å². The van der Waals surface area contributed by atoms with Crippen LogP contribution in [-0.2, 0) is 20.9 Å². The van der Waals surface area contributed by atoms with E-state index in [1.807, 2.05) is 0 Å². The van der Waals surface area contributed by atoms with Crippen LogP contribution < -0.4 is 0 Å². The summed E-state index contributed by atoms with van der Waals surface area (Å²) in [7, 11) is -3.96. The van der Waals surface area contributed by atoms with Gasteiger partial charge in [0.1, 0.15) is 6.54 Å². The third-order valence-corrected chi connectivity index (χ3v) is 11.7. The van der Waals surface area contributed by atoms with E-state index in [0.29, 0.717) is 6.42 Å². The zero-order chi connectivity index (χ0) is 35.5. The molecule has 0 saturated carbocycles. The van der Waals surface area contributed by atoms with Gasteiger partial charge in [-0.15, -0.1) is 0 Å². The lowest BCUT2D eigenvalue weighted by molar-refractivity contribution is -0.438. The molecule has 0 saturated heterocycles. The van der Waals surface area contributed by atoms with E-state index in [2.05, 4.69) is 155 Å². The van der Waals surface area contributed by atoms with E-state index in [9.17, 15) is 13.0 Å². The summed E-state index contributed by atoms with van der Waals surface area (Å²) >= 11 is 0. The maximum atomic E-state index is 11.4. The molecule has 4 nitrogen and oxygen atoms in total. The number of rotatable bonds is 13. The second-order valence-corrected chi connectivity index (χ2v) is 16.6. The quantitative estimate of drug-likeness (QED) is 0.0659. The third-order valence-electron chi connectivity index (χ3n) is 10.9. The summed E-state index contributed by atoms with van der Waals surface area (Å²) in [5.41, 5.74) is 7.83. The Balaban J connectivity index is 1.25. The molecule has 1 atom stereocenters. The van der Waals surface area contributed by atoms with Crippen molar-refractivity contribution < 1.29 is 17.5 Å². The lowest BCUT2D eigenvalue weighted by Crippen LogP contribution is -2.28. The maximum Gasteiger partial charge on any atom is 0.264 e. The van der Waals surface area contributed by atoms with Gasteiger partial charge >= 0.3 is 0 Å². The Morgan fingerprint density at radius 1 is 0.720 bits per heavy atom. The summed E-state index contributed by atoms with van der Waals surface area (Å²) < 4.78 is 34.6. The first-order valence-electron chi connectivity index (χ1n) is 18.3. The van der Waals surface area contributed by atoms with Crippen molar-refractivity contribution in [2.24, 2.45) is 0 Å². The van der Waals surface area contributed by atoms with Crippen molar-refractivity contribution in [1.82, 2.24) is 0 Å². The highest BCUT2D eigenvalue weighted by Crippen LogP contribution is 2.54. The Hall–Kier alpha value is -4.06. The smallest absolute Gasteiger partial charge is 0.264 e. The summed E-state index contributed by atoms with van der Waals surface area (Å²) in [6.07, 6.45) is 20.8. The summed E-state index contributed by atoms with van der Waals surface area (Å²) in [6, 6.07) is 26.4. The zero-order valence-corrected chi connectivity index (χ0v) is 31.1. The van der Waals surface area contributed by atoms with Crippen LogP contribution in [0, 0.1) is 0 Å². The first-order valence-corrected chi connectivity index (χ1v) is 19.9. The summed E-state index contributed by atoms with van der Waals surface area (Å²) in [5, 5.41) is 5.15. The molecular weight excluding hydrogens is 635 g/mol. The number of benzene rings is 4. The van der Waals surface area contributed by atoms with Gasteiger partial charge in [0.25, 0.3) is 10.1 Å². The molecule has 0 aromatic heterocycles. The molecule has 1 heterocycles. The fourth-order valence-corrected chi connectivity index (χ4v) is 9.16. The molecule has 5 heteroatoms. The predicted octanol–water partition coefficient (Wildman–Crippen LogP) is 11.3. The summed E-state index contributed by atoms with van der Waals surface area (Å²) in [4.78, 5) is 0. The van der Waals surface area contributed by atoms with E-state index < -0.39 is 10.1 Å². The molecule has 6 rings (SSSR count). The molecule has 1 unspecified atom stereocenters. The van der Waals surface area contributed by atoms with Crippen molar-refractivity contribution in [3.05, 3.63) is 138 Å². The van der Waals surface area contributed by atoms with E-state index in [4.69, 9.17) is 0 Å². The maximum absolute atomic E-state index is 11.4. The lowest BCUT2D eigenvalue weighted by Gasteiger charge is -2.25. The predicted molar refractivity (Wildman–Crippen MR) is 212 cm³/mol.